The minimum Gasteiger partial charge on any atom is -0.341 e. The Hall–Kier alpha value is -1.69. The Bertz CT molecular complexity index is 818. The summed E-state index contributed by atoms with van der Waals surface area (Å²) in [4.78, 5) is 15.4. The van der Waals surface area contributed by atoms with Gasteiger partial charge in [0.05, 0.1) is 17.0 Å². The van der Waals surface area contributed by atoms with Gasteiger partial charge in [0.1, 0.15) is 0 Å². The van der Waals surface area contributed by atoms with Crippen LogP contribution in [-0.4, -0.2) is 76.0 Å². The fourth-order valence-electron chi connectivity index (χ4n) is 3.63. The third kappa shape index (κ3) is 5.68. The summed E-state index contributed by atoms with van der Waals surface area (Å²) in [5.41, 5.74) is -1.18. The molecule has 0 saturated carbocycles. The smallest absolute Gasteiger partial charge is 0.341 e. The average molecular weight is 434 g/mol. The number of nitrogens with one attached hydrogen (secondary N) is 2. The van der Waals surface area contributed by atoms with Gasteiger partial charge in [0.15, 0.2) is 0 Å². The van der Waals surface area contributed by atoms with Crippen LogP contribution in [0.4, 0.5) is 13.2 Å². The summed E-state index contributed by atoms with van der Waals surface area (Å²) in [6.45, 7) is 4.38. The molecule has 0 aromatic heterocycles. The standard InChI is InChI=1S/C18H25F3N4O3S/c19-18(20,21)15-3-1-2-4-16(15)29(27,28)23-14-5-9-25(10-6-14)17(26)13-24-11-7-22-8-12-24/h1-4,14,22-23H,5-13H2. The lowest BCUT2D eigenvalue weighted by atomic mass is 10.1. The van der Waals surface area contributed by atoms with Crippen molar-refractivity contribution in [2.75, 3.05) is 45.8 Å². The van der Waals surface area contributed by atoms with Crippen LogP contribution in [0.25, 0.3) is 0 Å². The number of likely N-dealkylation sites (tertiary alicyclic amines) is 1. The van der Waals surface area contributed by atoms with E-state index in [1.807, 2.05) is 0 Å². The van der Waals surface area contributed by atoms with Gasteiger partial charge >= 0.3 is 6.18 Å². The molecule has 0 bridgehead atoms. The SMILES string of the molecule is O=C(CN1CCNCC1)N1CCC(NS(=O)(=O)c2ccccc2C(F)(F)F)CC1. The van der Waals surface area contributed by atoms with Crippen molar-refractivity contribution < 1.29 is 26.4 Å². The summed E-state index contributed by atoms with van der Waals surface area (Å²) in [5.74, 6) is -0.00405. The van der Waals surface area contributed by atoms with E-state index in [0.29, 0.717) is 32.5 Å². The lowest BCUT2D eigenvalue weighted by Crippen LogP contribution is -2.51. The molecule has 11 heteroatoms. The Morgan fingerprint density at radius 1 is 1.10 bits per heavy atom. The van der Waals surface area contributed by atoms with E-state index in [9.17, 15) is 26.4 Å². The molecule has 1 amide bonds. The molecule has 3 rings (SSSR count). The Balaban J connectivity index is 1.57. The van der Waals surface area contributed by atoms with Crippen LogP contribution in [0.5, 0.6) is 0 Å². The Labute approximate surface area is 168 Å². The summed E-state index contributed by atoms with van der Waals surface area (Å²) in [6.07, 6.45) is -4.04. The van der Waals surface area contributed by atoms with Gasteiger partial charge in [-0.05, 0) is 25.0 Å². The second-order valence-corrected chi connectivity index (χ2v) is 8.98. The molecule has 2 aliphatic heterocycles. The highest BCUT2D eigenvalue weighted by molar-refractivity contribution is 7.89. The number of sulfonamides is 1. The molecule has 7 nitrogen and oxygen atoms in total. The highest BCUT2D eigenvalue weighted by Gasteiger charge is 2.37. The minimum absolute atomic E-state index is 0.00405. The Morgan fingerprint density at radius 3 is 2.34 bits per heavy atom. The van der Waals surface area contributed by atoms with Crippen molar-refractivity contribution in [3.63, 3.8) is 0 Å². The number of piperidine rings is 1. The van der Waals surface area contributed by atoms with E-state index >= 15 is 0 Å². The van der Waals surface area contributed by atoms with Crippen molar-refractivity contribution in [2.24, 2.45) is 0 Å². The minimum atomic E-state index is -4.76. The van der Waals surface area contributed by atoms with Crippen molar-refractivity contribution in [1.29, 1.82) is 0 Å². The number of amides is 1. The van der Waals surface area contributed by atoms with E-state index in [1.54, 1.807) is 4.90 Å². The van der Waals surface area contributed by atoms with Crippen LogP contribution < -0.4 is 10.0 Å². The van der Waals surface area contributed by atoms with Crippen molar-refractivity contribution in [1.82, 2.24) is 19.8 Å². The second-order valence-electron chi connectivity index (χ2n) is 7.30. The number of nitrogens with zero attached hydrogens (tertiary/aromatic N) is 2. The van der Waals surface area contributed by atoms with Crippen LogP contribution in [0.3, 0.4) is 0 Å². The molecule has 2 aliphatic rings. The van der Waals surface area contributed by atoms with E-state index in [-0.39, 0.29) is 5.91 Å². The van der Waals surface area contributed by atoms with Crippen LogP contribution in [0.2, 0.25) is 0 Å². The van der Waals surface area contributed by atoms with Crippen LogP contribution in [-0.2, 0) is 21.0 Å². The topological polar surface area (TPSA) is 81.8 Å². The second kappa shape index (κ2) is 8.99. The molecular formula is C18H25F3N4O3S. The van der Waals surface area contributed by atoms with Gasteiger partial charge in [-0.1, -0.05) is 12.1 Å². The van der Waals surface area contributed by atoms with Gasteiger partial charge in [-0.3, -0.25) is 9.69 Å². The van der Waals surface area contributed by atoms with Crippen LogP contribution in [0.15, 0.2) is 29.2 Å². The zero-order chi connectivity index (χ0) is 21.1. The molecule has 0 unspecified atom stereocenters. The van der Waals surface area contributed by atoms with E-state index in [4.69, 9.17) is 0 Å². The lowest BCUT2D eigenvalue weighted by Gasteiger charge is -2.34. The average Bonchev–Trinajstić information content (AvgIpc) is 2.68. The molecule has 2 fully saturated rings. The van der Waals surface area contributed by atoms with Gasteiger partial charge in [-0.15, -0.1) is 0 Å². The summed E-state index contributed by atoms with van der Waals surface area (Å²) >= 11 is 0. The quantitative estimate of drug-likeness (QED) is 0.719. The number of carbonyl (C=O) groups excluding carboxylic acids is 1. The third-order valence-corrected chi connectivity index (χ3v) is 6.80. The molecule has 0 spiro atoms. The maximum Gasteiger partial charge on any atom is 0.417 e. The summed E-state index contributed by atoms with van der Waals surface area (Å²) < 4.78 is 66.9. The van der Waals surface area contributed by atoms with Gasteiger partial charge in [0.2, 0.25) is 15.9 Å². The lowest BCUT2D eigenvalue weighted by molar-refractivity contribution is -0.140. The molecule has 2 heterocycles. The summed E-state index contributed by atoms with van der Waals surface area (Å²) in [5, 5.41) is 3.22. The molecule has 0 radical (unpaired) electrons. The molecule has 1 aromatic carbocycles. The predicted octanol–water partition coefficient (Wildman–Crippen LogP) is 0.880. The van der Waals surface area contributed by atoms with Crippen molar-refractivity contribution in [3.8, 4) is 0 Å². The fraction of sp³-hybridized carbons (Fsp3) is 0.611. The molecule has 0 aliphatic carbocycles. The Morgan fingerprint density at radius 2 is 1.72 bits per heavy atom. The highest BCUT2D eigenvalue weighted by atomic mass is 32.2. The number of alkyl halides is 3. The zero-order valence-corrected chi connectivity index (χ0v) is 16.7. The van der Waals surface area contributed by atoms with Gasteiger partial charge in [0, 0.05) is 45.3 Å². The number of carbonyl (C=O) groups is 1. The number of piperazine rings is 1. The number of benzene rings is 1. The number of hydrogen-bond acceptors (Lipinski definition) is 5. The number of rotatable bonds is 5. The first-order chi connectivity index (χ1) is 13.7. The molecule has 0 atom stereocenters. The predicted molar refractivity (Wildman–Crippen MR) is 101 cm³/mol. The van der Waals surface area contributed by atoms with Gasteiger partial charge in [-0.25, -0.2) is 13.1 Å². The molecule has 2 N–H and O–H groups in total. The van der Waals surface area contributed by atoms with E-state index in [2.05, 4.69) is 14.9 Å². The number of hydrogen-bond donors (Lipinski definition) is 2. The maximum atomic E-state index is 13.1. The van der Waals surface area contributed by atoms with Gasteiger partial charge in [-0.2, -0.15) is 13.2 Å². The molecular weight excluding hydrogens is 409 g/mol. The molecule has 2 saturated heterocycles. The largest absolute Gasteiger partial charge is 0.417 e. The van der Waals surface area contributed by atoms with Gasteiger partial charge in [0.25, 0.3) is 0 Å². The third-order valence-electron chi connectivity index (χ3n) is 5.22. The molecule has 29 heavy (non-hydrogen) atoms. The van der Waals surface area contributed by atoms with E-state index < -0.39 is 32.7 Å². The monoisotopic (exact) mass is 434 g/mol. The molecule has 1 aromatic rings. The number of halogens is 3. The van der Waals surface area contributed by atoms with Crippen LogP contribution in [0, 0.1) is 0 Å². The first-order valence-corrected chi connectivity index (χ1v) is 11.0. The van der Waals surface area contributed by atoms with Gasteiger partial charge < -0.3 is 10.2 Å². The zero-order valence-electron chi connectivity index (χ0n) is 15.9. The summed E-state index contributed by atoms with van der Waals surface area (Å²) in [6, 6.07) is 3.62. The first kappa shape index (κ1) is 22.0. The maximum absolute atomic E-state index is 13.1. The van der Waals surface area contributed by atoms with E-state index in [0.717, 1.165) is 44.4 Å². The van der Waals surface area contributed by atoms with Crippen molar-refractivity contribution >= 4 is 15.9 Å². The van der Waals surface area contributed by atoms with Crippen molar-refractivity contribution in [3.05, 3.63) is 29.8 Å². The summed E-state index contributed by atoms with van der Waals surface area (Å²) in [7, 11) is -4.32. The fourth-order valence-corrected chi connectivity index (χ4v) is 5.16. The normalized spacial score (nSPS) is 20.0. The molecule has 162 valence electrons. The van der Waals surface area contributed by atoms with Crippen LogP contribution in [0.1, 0.15) is 18.4 Å². The van der Waals surface area contributed by atoms with Crippen LogP contribution >= 0.6 is 0 Å². The highest BCUT2D eigenvalue weighted by Crippen LogP contribution is 2.34. The Kier molecular flexibility index (Phi) is 6.82. The van der Waals surface area contributed by atoms with E-state index in [1.165, 1.54) is 6.07 Å². The first-order valence-electron chi connectivity index (χ1n) is 9.56. The van der Waals surface area contributed by atoms with Crippen molar-refractivity contribution in [2.45, 2.75) is 30.0 Å².